The molecular formula is C20H22F3NO3. The van der Waals surface area contributed by atoms with E-state index in [1.807, 2.05) is 13.8 Å². The summed E-state index contributed by atoms with van der Waals surface area (Å²) in [5.74, 6) is 0.712. The molecule has 0 aliphatic carbocycles. The molecule has 0 aliphatic heterocycles. The number of ether oxygens (including phenoxy) is 2. The van der Waals surface area contributed by atoms with Crippen molar-refractivity contribution in [1.29, 1.82) is 0 Å². The lowest BCUT2D eigenvalue weighted by atomic mass is 10.1. The van der Waals surface area contributed by atoms with Gasteiger partial charge in [-0.2, -0.15) is 13.2 Å². The van der Waals surface area contributed by atoms with E-state index in [1.165, 1.54) is 19.2 Å². The van der Waals surface area contributed by atoms with Crippen LogP contribution in [0.15, 0.2) is 42.5 Å². The van der Waals surface area contributed by atoms with Crippen LogP contribution in [0.4, 0.5) is 13.2 Å². The zero-order valence-electron chi connectivity index (χ0n) is 15.4. The van der Waals surface area contributed by atoms with Crippen molar-refractivity contribution in [3.8, 4) is 11.5 Å². The molecule has 4 nitrogen and oxygen atoms in total. The molecule has 0 saturated carbocycles. The van der Waals surface area contributed by atoms with Crippen molar-refractivity contribution in [3.63, 3.8) is 0 Å². The van der Waals surface area contributed by atoms with Gasteiger partial charge in [-0.3, -0.25) is 4.79 Å². The maximum atomic E-state index is 12.5. The Labute approximate surface area is 156 Å². The molecule has 0 fully saturated rings. The Balaban J connectivity index is 1.93. The van der Waals surface area contributed by atoms with Gasteiger partial charge in [0.05, 0.1) is 18.8 Å². The standard InChI is InChI=1S/C20H22F3NO3/c1-13(2)27-17-9-6-15(12-18(17)26-3)19(25)24-11-10-14-4-7-16(8-5-14)20(21,22)23/h4-9,12-13H,10-11H2,1-3H3,(H,24,25). The molecule has 0 spiro atoms. The van der Waals surface area contributed by atoms with Gasteiger partial charge in [0, 0.05) is 12.1 Å². The van der Waals surface area contributed by atoms with E-state index in [2.05, 4.69) is 5.32 Å². The topological polar surface area (TPSA) is 47.6 Å². The summed E-state index contributed by atoms with van der Waals surface area (Å²) in [4.78, 5) is 12.3. The van der Waals surface area contributed by atoms with E-state index < -0.39 is 11.7 Å². The van der Waals surface area contributed by atoms with Crippen LogP contribution < -0.4 is 14.8 Å². The molecule has 2 rings (SSSR count). The van der Waals surface area contributed by atoms with Crippen molar-refractivity contribution in [2.45, 2.75) is 32.5 Å². The van der Waals surface area contributed by atoms with Crippen LogP contribution in [-0.4, -0.2) is 25.7 Å². The number of hydrogen-bond acceptors (Lipinski definition) is 3. The molecule has 146 valence electrons. The number of alkyl halides is 3. The molecule has 27 heavy (non-hydrogen) atoms. The zero-order chi connectivity index (χ0) is 20.0. The molecule has 0 saturated heterocycles. The predicted octanol–water partition coefficient (Wildman–Crippen LogP) is 4.47. The van der Waals surface area contributed by atoms with Crippen LogP contribution in [0.25, 0.3) is 0 Å². The van der Waals surface area contributed by atoms with E-state index in [9.17, 15) is 18.0 Å². The molecule has 1 N–H and O–H groups in total. The van der Waals surface area contributed by atoms with E-state index in [0.29, 0.717) is 35.6 Å². The minimum Gasteiger partial charge on any atom is -0.493 e. The summed E-state index contributed by atoms with van der Waals surface area (Å²) < 4.78 is 48.5. The Morgan fingerprint density at radius 3 is 2.30 bits per heavy atom. The first-order valence-electron chi connectivity index (χ1n) is 8.49. The molecule has 2 aromatic rings. The van der Waals surface area contributed by atoms with Crippen molar-refractivity contribution in [3.05, 3.63) is 59.2 Å². The fourth-order valence-electron chi connectivity index (χ4n) is 2.44. The number of hydrogen-bond donors (Lipinski definition) is 1. The molecule has 0 radical (unpaired) electrons. The van der Waals surface area contributed by atoms with Gasteiger partial charge in [0.25, 0.3) is 5.91 Å². The van der Waals surface area contributed by atoms with Gasteiger partial charge in [-0.1, -0.05) is 12.1 Å². The van der Waals surface area contributed by atoms with Gasteiger partial charge < -0.3 is 14.8 Å². The van der Waals surface area contributed by atoms with Crippen LogP contribution in [0, 0.1) is 0 Å². The summed E-state index contributed by atoms with van der Waals surface area (Å²) in [6.07, 6.45) is -3.95. The zero-order valence-corrected chi connectivity index (χ0v) is 15.4. The highest BCUT2D eigenvalue weighted by Crippen LogP contribution is 2.30. The highest BCUT2D eigenvalue weighted by molar-refractivity contribution is 5.94. The monoisotopic (exact) mass is 381 g/mol. The molecule has 0 atom stereocenters. The van der Waals surface area contributed by atoms with Crippen LogP contribution in [0.1, 0.15) is 35.3 Å². The van der Waals surface area contributed by atoms with E-state index >= 15 is 0 Å². The number of methoxy groups -OCH3 is 1. The Kier molecular flexibility index (Phi) is 6.71. The Morgan fingerprint density at radius 1 is 1.07 bits per heavy atom. The summed E-state index contributed by atoms with van der Waals surface area (Å²) >= 11 is 0. The number of nitrogens with one attached hydrogen (secondary N) is 1. The lowest BCUT2D eigenvalue weighted by Crippen LogP contribution is -2.25. The third kappa shape index (κ3) is 5.91. The highest BCUT2D eigenvalue weighted by Gasteiger charge is 2.29. The van der Waals surface area contributed by atoms with Crippen LogP contribution in [0.3, 0.4) is 0 Å². The van der Waals surface area contributed by atoms with Gasteiger partial charge >= 0.3 is 6.18 Å². The Morgan fingerprint density at radius 2 is 1.74 bits per heavy atom. The fourth-order valence-corrected chi connectivity index (χ4v) is 2.44. The lowest BCUT2D eigenvalue weighted by Gasteiger charge is -2.14. The predicted molar refractivity (Wildman–Crippen MR) is 96.2 cm³/mol. The van der Waals surface area contributed by atoms with E-state index in [0.717, 1.165) is 12.1 Å². The Bertz CT molecular complexity index is 771. The van der Waals surface area contributed by atoms with Gasteiger partial charge in [0.15, 0.2) is 11.5 Å². The van der Waals surface area contributed by atoms with Crippen LogP contribution in [-0.2, 0) is 12.6 Å². The number of amides is 1. The van der Waals surface area contributed by atoms with E-state index in [4.69, 9.17) is 9.47 Å². The summed E-state index contributed by atoms with van der Waals surface area (Å²) in [5, 5.41) is 2.75. The number of benzene rings is 2. The van der Waals surface area contributed by atoms with Crippen molar-refractivity contribution < 1.29 is 27.4 Å². The quantitative estimate of drug-likeness (QED) is 0.770. The minimum atomic E-state index is -4.35. The first kappa shape index (κ1) is 20.6. The van der Waals surface area contributed by atoms with Crippen molar-refractivity contribution in [2.24, 2.45) is 0 Å². The number of carbonyl (C=O) groups is 1. The van der Waals surface area contributed by atoms with E-state index in [-0.39, 0.29) is 12.0 Å². The molecule has 0 bridgehead atoms. The number of carbonyl (C=O) groups excluding carboxylic acids is 1. The molecule has 0 aromatic heterocycles. The average molecular weight is 381 g/mol. The van der Waals surface area contributed by atoms with Gasteiger partial charge in [-0.05, 0) is 56.2 Å². The second-order valence-electron chi connectivity index (χ2n) is 6.23. The second kappa shape index (κ2) is 8.79. The number of halogens is 3. The maximum absolute atomic E-state index is 12.5. The SMILES string of the molecule is COc1cc(C(=O)NCCc2ccc(C(F)(F)F)cc2)ccc1OC(C)C. The largest absolute Gasteiger partial charge is 0.493 e. The molecule has 0 unspecified atom stereocenters. The fraction of sp³-hybridized carbons (Fsp3) is 0.350. The summed E-state index contributed by atoms with van der Waals surface area (Å²) in [6, 6.07) is 9.79. The first-order chi connectivity index (χ1) is 12.7. The van der Waals surface area contributed by atoms with Crippen molar-refractivity contribution in [2.75, 3.05) is 13.7 Å². The Hall–Kier alpha value is -2.70. The van der Waals surface area contributed by atoms with Crippen LogP contribution >= 0.6 is 0 Å². The molecular weight excluding hydrogens is 359 g/mol. The average Bonchev–Trinajstić information content (AvgIpc) is 2.61. The molecule has 7 heteroatoms. The van der Waals surface area contributed by atoms with Crippen LogP contribution in [0.5, 0.6) is 11.5 Å². The number of rotatable bonds is 7. The molecule has 0 heterocycles. The van der Waals surface area contributed by atoms with E-state index in [1.54, 1.807) is 18.2 Å². The molecule has 1 amide bonds. The first-order valence-corrected chi connectivity index (χ1v) is 8.49. The minimum absolute atomic E-state index is 0.0256. The maximum Gasteiger partial charge on any atom is 0.416 e. The molecule has 2 aromatic carbocycles. The smallest absolute Gasteiger partial charge is 0.416 e. The lowest BCUT2D eigenvalue weighted by molar-refractivity contribution is -0.137. The third-order valence-electron chi connectivity index (χ3n) is 3.77. The van der Waals surface area contributed by atoms with Crippen molar-refractivity contribution >= 4 is 5.91 Å². The van der Waals surface area contributed by atoms with Crippen molar-refractivity contribution in [1.82, 2.24) is 5.32 Å². The summed E-state index contributed by atoms with van der Waals surface area (Å²) in [6.45, 7) is 4.08. The van der Waals surface area contributed by atoms with Gasteiger partial charge in [0.2, 0.25) is 0 Å². The highest BCUT2D eigenvalue weighted by atomic mass is 19.4. The van der Waals surface area contributed by atoms with Gasteiger partial charge in [-0.15, -0.1) is 0 Å². The molecule has 0 aliphatic rings. The normalized spacial score (nSPS) is 11.4. The summed E-state index contributed by atoms with van der Waals surface area (Å²) in [7, 11) is 1.49. The van der Waals surface area contributed by atoms with Crippen LogP contribution in [0.2, 0.25) is 0 Å². The summed E-state index contributed by atoms with van der Waals surface area (Å²) in [5.41, 5.74) is 0.433. The second-order valence-corrected chi connectivity index (χ2v) is 6.23. The van der Waals surface area contributed by atoms with Gasteiger partial charge in [-0.25, -0.2) is 0 Å². The third-order valence-corrected chi connectivity index (χ3v) is 3.77. The van der Waals surface area contributed by atoms with Gasteiger partial charge in [0.1, 0.15) is 0 Å².